The zero-order chi connectivity index (χ0) is 16.1. The highest BCUT2D eigenvalue weighted by Crippen LogP contribution is 2.31. The van der Waals surface area contributed by atoms with Crippen LogP contribution in [0.1, 0.15) is 52.9 Å². The van der Waals surface area contributed by atoms with Crippen LogP contribution in [-0.2, 0) is 14.8 Å². The number of hydrogen-bond acceptors (Lipinski definition) is 4. The number of carbonyl (C=O) groups excluding carboxylic acids is 1. The fraction of sp³-hybridized carbons (Fsp3) is 0.929. The maximum absolute atomic E-state index is 12.2. The van der Waals surface area contributed by atoms with Gasteiger partial charge in [0.2, 0.25) is 15.9 Å². The van der Waals surface area contributed by atoms with Gasteiger partial charge in [-0.25, -0.2) is 13.1 Å². The lowest BCUT2D eigenvalue weighted by Crippen LogP contribution is -2.57. The van der Waals surface area contributed by atoms with Crippen LogP contribution in [0.3, 0.4) is 0 Å². The molecule has 1 unspecified atom stereocenters. The molecule has 1 amide bonds. The van der Waals surface area contributed by atoms with E-state index >= 15 is 0 Å². The molecule has 0 bridgehead atoms. The van der Waals surface area contributed by atoms with Crippen LogP contribution in [0.15, 0.2) is 0 Å². The highest BCUT2D eigenvalue weighted by atomic mass is 32.2. The van der Waals surface area contributed by atoms with Crippen molar-refractivity contribution >= 4 is 15.9 Å². The van der Waals surface area contributed by atoms with Crippen LogP contribution in [0, 0.1) is 5.92 Å². The topological polar surface area (TPSA) is 95.5 Å². The van der Waals surface area contributed by atoms with Crippen molar-refractivity contribution in [3.63, 3.8) is 0 Å². The summed E-state index contributed by atoms with van der Waals surface area (Å²) in [5, 5.41) is 12.5. The zero-order valence-electron chi connectivity index (χ0n) is 13.2. The molecule has 0 aliphatic heterocycles. The summed E-state index contributed by atoms with van der Waals surface area (Å²) >= 11 is 0. The summed E-state index contributed by atoms with van der Waals surface area (Å²) < 4.78 is 25.8. The van der Waals surface area contributed by atoms with Gasteiger partial charge >= 0.3 is 0 Å². The van der Waals surface area contributed by atoms with Crippen molar-refractivity contribution in [2.45, 2.75) is 64.5 Å². The van der Waals surface area contributed by atoms with Crippen LogP contribution in [0.4, 0.5) is 0 Å². The minimum Gasteiger partial charge on any atom is -0.394 e. The van der Waals surface area contributed by atoms with Gasteiger partial charge < -0.3 is 10.4 Å². The lowest BCUT2D eigenvalue weighted by molar-refractivity contribution is -0.125. The van der Waals surface area contributed by atoms with Crippen LogP contribution < -0.4 is 10.0 Å². The normalized spacial score (nSPS) is 28.1. The molecule has 1 atom stereocenters. The van der Waals surface area contributed by atoms with E-state index in [1.807, 2.05) is 0 Å². The minimum atomic E-state index is -3.43. The van der Waals surface area contributed by atoms with Crippen LogP contribution in [0.25, 0.3) is 0 Å². The first-order chi connectivity index (χ1) is 9.73. The van der Waals surface area contributed by atoms with E-state index in [1.54, 1.807) is 6.92 Å². The minimum absolute atomic E-state index is 0.00722. The van der Waals surface area contributed by atoms with Crippen molar-refractivity contribution in [2.75, 3.05) is 12.4 Å². The Morgan fingerprint density at radius 2 is 1.95 bits per heavy atom. The van der Waals surface area contributed by atoms with E-state index in [1.165, 1.54) is 6.92 Å². The quantitative estimate of drug-likeness (QED) is 0.645. The number of rotatable bonds is 7. The highest BCUT2D eigenvalue weighted by molar-refractivity contribution is 7.89. The van der Waals surface area contributed by atoms with Gasteiger partial charge in [0.25, 0.3) is 0 Å². The molecular weight excluding hydrogens is 292 g/mol. The molecule has 1 aliphatic rings. The predicted molar refractivity (Wildman–Crippen MR) is 82.3 cm³/mol. The summed E-state index contributed by atoms with van der Waals surface area (Å²) in [7, 11) is -3.43. The monoisotopic (exact) mass is 320 g/mol. The second-order valence-electron chi connectivity index (χ2n) is 6.27. The van der Waals surface area contributed by atoms with E-state index in [0.717, 1.165) is 25.7 Å². The molecule has 0 heterocycles. The lowest BCUT2D eigenvalue weighted by Gasteiger charge is -2.39. The van der Waals surface area contributed by atoms with Gasteiger partial charge in [0.15, 0.2) is 0 Å². The Kier molecular flexibility index (Phi) is 6.62. The molecule has 21 heavy (non-hydrogen) atoms. The molecule has 3 N–H and O–H groups in total. The van der Waals surface area contributed by atoms with Gasteiger partial charge in [-0.3, -0.25) is 4.79 Å². The van der Waals surface area contributed by atoms with Gasteiger partial charge in [-0.05, 0) is 44.9 Å². The average molecular weight is 320 g/mol. The molecule has 0 aromatic heterocycles. The molecule has 0 spiro atoms. The van der Waals surface area contributed by atoms with E-state index in [-0.39, 0.29) is 18.3 Å². The van der Waals surface area contributed by atoms with Crippen LogP contribution in [0.2, 0.25) is 0 Å². The van der Waals surface area contributed by atoms with Crippen LogP contribution in [-0.4, -0.2) is 43.4 Å². The summed E-state index contributed by atoms with van der Waals surface area (Å²) in [6, 6.07) is -0.829. The summed E-state index contributed by atoms with van der Waals surface area (Å²) in [6.07, 6.45) is 3.87. The van der Waals surface area contributed by atoms with E-state index in [4.69, 9.17) is 0 Å². The van der Waals surface area contributed by atoms with Crippen molar-refractivity contribution in [1.82, 2.24) is 10.0 Å². The smallest absolute Gasteiger partial charge is 0.238 e. The molecule has 0 saturated heterocycles. The predicted octanol–water partition coefficient (Wildman–Crippen LogP) is 0.762. The van der Waals surface area contributed by atoms with Crippen LogP contribution >= 0.6 is 0 Å². The Bertz CT molecular complexity index is 442. The van der Waals surface area contributed by atoms with Gasteiger partial charge in [0, 0.05) is 0 Å². The van der Waals surface area contributed by atoms with E-state index < -0.39 is 21.6 Å². The maximum Gasteiger partial charge on any atom is 0.238 e. The number of nitrogens with one attached hydrogen (secondary N) is 2. The third-order valence-corrected chi connectivity index (χ3v) is 5.80. The average Bonchev–Trinajstić information content (AvgIpc) is 2.41. The van der Waals surface area contributed by atoms with E-state index in [0.29, 0.717) is 12.3 Å². The summed E-state index contributed by atoms with van der Waals surface area (Å²) in [6.45, 7) is 5.34. The number of carbonyl (C=O) groups is 1. The van der Waals surface area contributed by atoms with Crippen molar-refractivity contribution in [2.24, 2.45) is 5.92 Å². The van der Waals surface area contributed by atoms with Gasteiger partial charge in [-0.1, -0.05) is 13.8 Å². The SMILES string of the molecule is CCCS(=O)(=O)NC(C)C(=O)NC1(CO)CCC(C)CC1. The Balaban J connectivity index is 2.62. The second-order valence-corrected chi connectivity index (χ2v) is 8.14. The van der Waals surface area contributed by atoms with E-state index in [2.05, 4.69) is 17.0 Å². The van der Waals surface area contributed by atoms with Gasteiger partial charge in [0.05, 0.1) is 23.9 Å². The third-order valence-electron chi connectivity index (χ3n) is 4.14. The number of sulfonamides is 1. The van der Waals surface area contributed by atoms with Gasteiger partial charge in [0.1, 0.15) is 0 Å². The van der Waals surface area contributed by atoms with Crippen molar-refractivity contribution in [3.05, 3.63) is 0 Å². The maximum atomic E-state index is 12.2. The lowest BCUT2D eigenvalue weighted by atomic mass is 9.77. The number of aliphatic hydroxyl groups is 1. The molecule has 1 saturated carbocycles. The standard InChI is InChI=1S/C14H28N2O4S/c1-4-9-21(19,20)16-12(3)13(18)15-14(10-17)7-5-11(2)6-8-14/h11-12,16-17H,4-10H2,1-3H3,(H,15,18). The molecule has 0 radical (unpaired) electrons. The van der Waals surface area contributed by atoms with Crippen molar-refractivity contribution in [1.29, 1.82) is 0 Å². The first-order valence-electron chi connectivity index (χ1n) is 7.66. The van der Waals surface area contributed by atoms with Gasteiger partial charge in [-0.15, -0.1) is 0 Å². The van der Waals surface area contributed by atoms with Crippen LogP contribution in [0.5, 0.6) is 0 Å². The summed E-state index contributed by atoms with van der Waals surface area (Å²) in [4.78, 5) is 12.2. The second kappa shape index (κ2) is 7.56. The third kappa shape index (κ3) is 5.56. The Hall–Kier alpha value is -0.660. The first kappa shape index (κ1) is 18.4. The molecule has 1 fully saturated rings. The molecular formula is C14H28N2O4S. The molecule has 0 aromatic carbocycles. The first-order valence-corrected chi connectivity index (χ1v) is 9.32. The molecule has 124 valence electrons. The van der Waals surface area contributed by atoms with Crippen molar-refractivity contribution in [3.8, 4) is 0 Å². The van der Waals surface area contributed by atoms with E-state index in [9.17, 15) is 18.3 Å². The molecule has 0 aromatic rings. The zero-order valence-corrected chi connectivity index (χ0v) is 14.0. The molecule has 7 heteroatoms. The fourth-order valence-corrected chi connectivity index (χ4v) is 3.96. The van der Waals surface area contributed by atoms with Crippen molar-refractivity contribution < 1.29 is 18.3 Å². The Morgan fingerprint density at radius 3 is 2.43 bits per heavy atom. The highest BCUT2D eigenvalue weighted by Gasteiger charge is 2.36. The molecule has 1 rings (SSSR count). The number of amides is 1. The van der Waals surface area contributed by atoms with Gasteiger partial charge in [-0.2, -0.15) is 0 Å². The summed E-state index contributed by atoms with van der Waals surface area (Å²) in [5.74, 6) is 0.230. The number of hydrogen-bond donors (Lipinski definition) is 3. The fourth-order valence-electron chi connectivity index (χ4n) is 2.66. The molecule has 1 aliphatic carbocycles. The Morgan fingerprint density at radius 1 is 1.38 bits per heavy atom. The molecule has 6 nitrogen and oxygen atoms in total. The Labute approximate surface area is 127 Å². The largest absolute Gasteiger partial charge is 0.394 e. The summed E-state index contributed by atoms with van der Waals surface area (Å²) in [5.41, 5.74) is -0.603. The number of aliphatic hydroxyl groups excluding tert-OH is 1.